The van der Waals surface area contributed by atoms with Gasteiger partial charge >= 0.3 is 5.97 Å². The quantitative estimate of drug-likeness (QED) is 0.348. The molecule has 0 unspecified atom stereocenters. The number of nitrogens with zero attached hydrogens (tertiary/aromatic N) is 7. The summed E-state index contributed by atoms with van der Waals surface area (Å²) in [5, 5.41) is 0. The van der Waals surface area contributed by atoms with Gasteiger partial charge in [-0.15, -0.1) is 0 Å². The highest BCUT2D eigenvalue weighted by molar-refractivity contribution is 5.69. The molecule has 0 atom stereocenters. The number of aryl methyl sites for hydroxylation is 2. The smallest absolute Gasteiger partial charge is 0.307 e. The van der Waals surface area contributed by atoms with Crippen molar-refractivity contribution in [2.24, 2.45) is 11.3 Å². The Morgan fingerprint density at radius 2 is 1.58 bits per heavy atom. The zero-order valence-electron chi connectivity index (χ0n) is 24.1. The molecule has 2 saturated heterocycles. The van der Waals surface area contributed by atoms with Crippen molar-refractivity contribution in [3.63, 3.8) is 0 Å². The standard InChI is InChI=1S/C29H49N7O2/c1-5-38-28(37)7-15-36-20-12-31-27(36)23-32(4)22-26-30-11-19-35(26)14-6-13-34-18-10-29(24-34)8-16-33(17-9-29)21-25(2)3/h11-12,19-20,25H,5-10,13-18,21-24H2,1-4H3. The Balaban J connectivity index is 1.18. The Hall–Kier alpha value is -2.23. The summed E-state index contributed by atoms with van der Waals surface area (Å²) in [5.41, 5.74) is 0.568. The van der Waals surface area contributed by atoms with Gasteiger partial charge in [-0.05, 0) is 77.2 Å². The molecule has 4 heterocycles. The molecule has 0 radical (unpaired) electrons. The van der Waals surface area contributed by atoms with E-state index in [4.69, 9.17) is 4.74 Å². The average molecular weight is 528 g/mol. The van der Waals surface area contributed by atoms with Crippen molar-refractivity contribution in [1.82, 2.24) is 33.8 Å². The fourth-order valence-corrected chi connectivity index (χ4v) is 6.19. The molecule has 9 heteroatoms. The van der Waals surface area contributed by atoms with Crippen LogP contribution in [-0.2, 0) is 35.7 Å². The van der Waals surface area contributed by atoms with Gasteiger partial charge in [-0.25, -0.2) is 9.97 Å². The van der Waals surface area contributed by atoms with Crippen LogP contribution in [-0.4, -0.2) is 92.7 Å². The van der Waals surface area contributed by atoms with Gasteiger partial charge in [0.05, 0.1) is 26.1 Å². The molecule has 1 spiro atoms. The lowest BCUT2D eigenvalue weighted by Gasteiger charge is -2.40. The molecule has 2 fully saturated rings. The number of carbonyl (C=O) groups is 1. The molecule has 0 aromatic carbocycles. The molecule has 0 saturated carbocycles. The monoisotopic (exact) mass is 527 g/mol. The van der Waals surface area contributed by atoms with Gasteiger partial charge in [0.2, 0.25) is 0 Å². The Morgan fingerprint density at radius 1 is 0.974 bits per heavy atom. The van der Waals surface area contributed by atoms with Gasteiger partial charge in [0.15, 0.2) is 0 Å². The summed E-state index contributed by atoms with van der Waals surface area (Å²) in [6, 6.07) is 0. The van der Waals surface area contributed by atoms with E-state index < -0.39 is 0 Å². The number of rotatable bonds is 14. The Kier molecular flexibility index (Phi) is 10.4. The molecule has 0 amide bonds. The maximum Gasteiger partial charge on any atom is 0.307 e. The summed E-state index contributed by atoms with van der Waals surface area (Å²) in [5.74, 6) is 2.64. The minimum absolute atomic E-state index is 0.168. The van der Waals surface area contributed by atoms with Crippen LogP contribution < -0.4 is 0 Å². The van der Waals surface area contributed by atoms with E-state index in [1.807, 2.05) is 23.9 Å². The summed E-state index contributed by atoms with van der Waals surface area (Å²) in [6.07, 6.45) is 13.4. The zero-order chi connectivity index (χ0) is 27.0. The summed E-state index contributed by atoms with van der Waals surface area (Å²) < 4.78 is 9.40. The largest absolute Gasteiger partial charge is 0.466 e. The van der Waals surface area contributed by atoms with Crippen molar-refractivity contribution < 1.29 is 9.53 Å². The van der Waals surface area contributed by atoms with Crippen molar-refractivity contribution >= 4 is 5.97 Å². The first-order valence-corrected chi connectivity index (χ1v) is 14.6. The molecular weight excluding hydrogens is 478 g/mol. The van der Waals surface area contributed by atoms with E-state index in [0.29, 0.717) is 31.5 Å². The highest BCUT2D eigenvalue weighted by atomic mass is 16.5. The molecule has 212 valence electrons. The number of likely N-dealkylation sites (tertiary alicyclic amines) is 2. The fourth-order valence-electron chi connectivity index (χ4n) is 6.19. The Labute approximate surface area is 229 Å². The third kappa shape index (κ3) is 8.13. The van der Waals surface area contributed by atoms with Crippen molar-refractivity contribution in [2.75, 3.05) is 52.9 Å². The molecule has 38 heavy (non-hydrogen) atoms. The highest BCUT2D eigenvalue weighted by Crippen LogP contribution is 2.40. The van der Waals surface area contributed by atoms with Crippen LogP contribution in [0.5, 0.6) is 0 Å². The van der Waals surface area contributed by atoms with Crippen LogP contribution in [0.15, 0.2) is 24.8 Å². The molecule has 2 aromatic heterocycles. The van der Waals surface area contributed by atoms with Crippen LogP contribution in [0, 0.1) is 11.3 Å². The zero-order valence-corrected chi connectivity index (χ0v) is 24.1. The number of aromatic nitrogens is 4. The van der Waals surface area contributed by atoms with E-state index in [2.05, 4.69) is 56.3 Å². The van der Waals surface area contributed by atoms with Crippen LogP contribution >= 0.6 is 0 Å². The maximum atomic E-state index is 11.7. The molecule has 0 aliphatic carbocycles. The van der Waals surface area contributed by atoms with E-state index in [9.17, 15) is 4.79 Å². The summed E-state index contributed by atoms with van der Waals surface area (Å²) >= 11 is 0. The normalized spacial score (nSPS) is 18.3. The van der Waals surface area contributed by atoms with Crippen LogP contribution in [0.1, 0.15) is 64.5 Å². The second-order valence-electron chi connectivity index (χ2n) is 11.9. The molecule has 2 aliphatic heterocycles. The first-order valence-electron chi connectivity index (χ1n) is 14.6. The van der Waals surface area contributed by atoms with Gasteiger partial charge in [0.25, 0.3) is 0 Å². The first-order chi connectivity index (χ1) is 18.4. The van der Waals surface area contributed by atoms with E-state index in [-0.39, 0.29) is 5.97 Å². The topological polar surface area (TPSA) is 71.7 Å². The second kappa shape index (κ2) is 13.7. The third-order valence-electron chi connectivity index (χ3n) is 8.22. The lowest BCUT2D eigenvalue weighted by Crippen LogP contribution is -2.42. The van der Waals surface area contributed by atoms with E-state index in [0.717, 1.165) is 37.1 Å². The summed E-state index contributed by atoms with van der Waals surface area (Å²) in [7, 11) is 2.10. The van der Waals surface area contributed by atoms with Gasteiger partial charge in [-0.3, -0.25) is 9.69 Å². The molecule has 0 bridgehead atoms. The number of esters is 1. The SMILES string of the molecule is CCOC(=O)CCn1ccnc1CN(C)Cc1nccn1CCCN1CCC2(CCN(CC(C)C)CC2)C1. The first kappa shape index (κ1) is 28.8. The van der Waals surface area contributed by atoms with Gasteiger partial charge in [-0.1, -0.05) is 13.8 Å². The van der Waals surface area contributed by atoms with E-state index in [1.165, 1.54) is 58.5 Å². The molecule has 9 nitrogen and oxygen atoms in total. The third-order valence-corrected chi connectivity index (χ3v) is 8.22. The van der Waals surface area contributed by atoms with Gasteiger partial charge in [0.1, 0.15) is 11.6 Å². The lowest BCUT2D eigenvalue weighted by molar-refractivity contribution is -0.143. The fraction of sp³-hybridized carbons (Fsp3) is 0.759. The lowest BCUT2D eigenvalue weighted by atomic mass is 9.77. The molecule has 4 rings (SSSR count). The van der Waals surface area contributed by atoms with Crippen molar-refractivity contribution in [3.8, 4) is 0 Å². The van der Waals surface area contributed by atoms with E-state index in [1.54, 1.807) is 6.20 Å². The van der Waals surface area contributed by atoms with Crippen LogP contribution in [0.4, 0.5) is 0 Å². The number of hydrogen-bond acceptors (Lipinski definition) is 7. The number of ether oxygens (including phenoxy) is 1. The molecule has 2 aromatic rings. The van der Waals surface area contributed by atoms with Crippen LogP contribution in [0.25, 0.3) is 0 Å². The average Bonchev–Trinajstić information content (AvgIpc) is 3.61. The Morgan fingerprint density at radius 3 is 2.18 bits per heavy atom. The van der Waals surface area contributed by atoms with Crippen LogP contribution in [0.3, 0.4) is 0 Å². The number of carbonyl (C=O) groups excluding carboxylic acids is 1. The second-order valence-corrected chi connectivity index (χ2v) is 11.9. The molecule has 0 N–H and O–H groups in total. The summed E-state index contributed by atoms with van der Waals surface area (Å²) in [4.78, 5) is 28.5. The predicted molar refractivity (Wildman–Crippen MR) is 149 cm³/mol. The van der Waals surface area contributed by atoms with Crippen molar-refractivity contribution in [3.05, 3.63) is 36.4 Å². The van der Waals surface area contributed by atoms with Crippen molar-refractivity contribution in [2.45, 2.75) is 79.1 Å². The van der Waals surface area contributed by atoms with Crippen LogP contribution in [0.2, 0.25) is 0 Å². The number of hydrogen-bond donors (Lipinski definition) is 0. The Bertz CT molecular complexity index is 993. The predicted octanol–water partition coefficient (Wildman–Crippen LogP) is 3.50. The minimum atomic E-state index is -0.168. The maximum absolute atomic E-state index is 11.7. The summed E-state index contributed by atoms with van der Waals surface area (Å²) in [6.45, 7) is 17.5. The van der Waals surface area contributed by atoms with E-state index >= 15 is 0 Å². The van der Waals surface area contributed by atoms with Crippen molar-refractivity contribution in [1.29, 1.82) is 0 Å². The van der Waals surface area contributed by atoms with Gasteiger partial charge in [0, 0.05) is 51.0 Å². The molecule has 2 aliphatic rings. The van der Waals surface area contributed by atoms with Gasteiger partial charge < -0.3 is 23.7 Å². The highest BCUT2D eigenvalue weighted by Gasteiger charge is 2.40. The number of imidazole rings is 2. The minimum Gasteiger partial charge on any atom is -0.466 e. The molecular formula is C29H49N7O2. The number of piperidine rings is 1. The van der Waals surface area contributed by atoms with Gasteiger partial charge in [-0.2, -0.15) is 0 Å².